The fourth-order valence-corrected chi connectivity index (χ4v) is 3.70. The van der Waals surface area contributed by atoms with Gasteiger partial charge < -0.3 is 9.64 Å². The molecule has 0 aliphatic carbocycles. The van der Waals surface area contributed by atoms with Crippen LogP contribution in [-0.2, 0) is 11.2 Å². The Labute approximate surface area is 128 Å². The third kappa shape index (κ3) is 2.53. The molecule has 3 rings (SSSR count). The number of thiazole rings is 1. The lowest BCUT2D eigenvalue weighted by molar-refractivity contribution is 0.0605. The van der Waals surface area contributed by atoms with Crippen molar-refractivity contribution in [3.63, 3.8) is 0 Å². The van der Waals surface area contributed by atoms with E-state index < -0.39 is 0 Å². The smallest absolute Gasteiger partial charge is 0.349 e. The molecule has 0 bridgehead atoms. The number of benzene rings is 1. The summed E-state index contributed by atoms with van der Waals surface area (Å²) in [5.74, 6) is -0.311. The second-order valence-corrected chi connectivity index (χ2v) is 6.29. The van der Waals surface area contributed by atoms with E-state index in [1.54, 1.807) is 0 Å². The fourth-order valence-electron chi connectivity index (χ4n) is 2.72. The number of nitrogens with zero attached hydrogens (tertiary/aromatic N) is 2. The largest absolute Gasteiger partial charge is 0.465 e. The summed E-state index contributed by atoms with van der Waals surface area (Å²) in [6.07, 6.45) is 2.28. The zero-order valence-corrected chi connectivity index (χ0v) is 13.3. The second-order valence-electron chi connectivity index (χ2n) is 5.29. The summed E-state index contributed by atoms with van der Waals surface area (Å²) >= 11 is 1.40. The molecule has 0 radical (unpaired) electrons. The van der Waals surface area contributed by atoms with Gasteiger partial charge in [0.25, 0.3) is 0 Å². The van der Waals surface area contributed by atoms with Gasteiger partial charge in [0.15, 0.2) is 0 Å². The molecule has 0 fully saturated rings. The van der Waals surface area contributed by atoms with Crippen LogP contribution in [0.2, 0.25) is 0 Å². The summed E-state index contributed by atoms with van der Waals surface area (Å²) in [5, 5.41) is 0.879. The summed E-state index contributed by atoms with van der Waals surface area (Å²) < 4.78 is 4.80. The van der Waals surface area contributed by atoms with E-state index in [1.165, 1.54) is 36.1 Å². The van der Waals surface area contributed by atoms with Crippen LogP contribution in [0.5, 0.6) is 0 Å². The number of hydrogen-bond donors (Lipinski definition) is 0. The predicted octanol–water partition coefficient (Wildman–Crippen LogP) is 3.29. The molecular formula is C16H18N2O2S. The summed E-state index contributed by atoms with van der Waals surface area (Å²) in [6.45, 7) is 2.95. The maximum absolute atomic E-state index is 11.7. The molecule has 0 spiro atoms. The van der Waals surface area contributed by atoms with Crippen LogP contribution in [-0.4, -0.2) is 31.7 Å². The van der Waals surface area contributed by atoms with E-state index in [9.17, 15) is 4.79 Å². The van der Waals surface area contributed by atoms with Crippen molar-refractivity contribution >= 4 is 23.0 Å². The molecule has 0 unspecified atom stereocenters. The second kappa shape index (κ2) is 5.48. The Kier molecular flexibility index (Phi) is 3.68. The first-order chi connectivity index (χ1) is 10.1. The zero-order valence-electron chi connectivity index (χ0n) is 12.5. The average molecular weight is 302 g/mol. The van der Waals surface area contributed by atoms with Crippen LogP contribution in [0.3, 0.4) is 0 Å². The van der Waals surface area contributed by atoms with Crippen LogP contribution < -0.4 is 4.90 Å². The number of hydrogen-bond acceptors (Lipinski definition) is 5. The van der Waals surface area contributed by atoms with Crippen molar-refractivity contribution in [1.29, 1.82) is 0 Å². The Hall–Kier alpha value is -1.88. The highest BCUT2D eigenvalue weighted by atomic mass is 32.1. The molecular weight excluding hydrogens is 284 g/mol. The molecule has 21 heavy (non-hydrogen) atoms. The van der Waals surface area contributed by atoms with Gasteiger partial charge in [-0.25, -0.2) is 9.78 Å². The average Bonchev–Trinajstić information content (AvgIpc) is 2.88. The van der Waals surface area contributed by atoms with Crippen molar-refractivity contribution in [3.05, 3.63) is 34.3 Å². The van der Waals surface area contributed by atoms with Gasteiger partial charge in [-0.2, -0.15) is 0 Å². The lowest BCUT2D eigenvalue weighted by Crippen LogP contribution is -2.24. The lowest BCUT2D eigenvalue weighted by Gasteiger charge is -2.27. The van der Waals surface area contributed by atoms with Crippen molar-refractivity contribution in [1.82, 2.24) is 4.98 Å². The fraction of sp³-hybridized carbons (Fsp3) is 0.375. The molecule has 1 aromatic heterocycles. The normalized spacial score (nSPS) is 14.0. The first-order valence-electron chi connectivity index (χ1n) is 7.00. The Morgan fingerprint density at radius 3 is 3.00 bits per heavy atom. The molecule has 0 saturated carbocycles. The van der Waals surface area contributed by atoms with E-state index in [2.05, 4.69) is 35.1 Å². The van der Waals surface area contributed by atoms with Crippen molar-refractivity contribution in [2.75, 3.05) is 25.6 Å². The highest BCUT2D eigenvalue weighted by molar-refractivity contribution is 7.17. The van der Waals surface area contributed by atoms with E-state index in [-0.39, 0.29) is 5.97 Å². The molecule has 2 heterocycles. The van der Waals surface area contributed by atoms with Crippen LogP contribution in [0.25, 0.3) is 10.6 Å². The molecule has 0 saturated heterocycles. The molecule has 4 nitrogen and oxygen atoms in total. The van der Waals surface area contributed by atoms with Gasteiger partial charge in [0.2, 0.25) is 0 Å². The molecule has 1 aromatic carbocycles. The van der Waals surface area contributed by atoms with Gasteiger partial charge >= 0.3 is 5.97 Å². The molecule has 0 atom stereocenters. The van der Waals surface area contributed by atoms with Crippen LogP contribution >= 0.6 is 11.3 Å². The van der Waals surface area contributed by atoms with Gasteiger partial charge in [0.1, 0.15) is 9.88 Å². The highest BCUT2D eigenvalue weighted by Crippen LogP contribution is 2.33. The van der Waals surface area contributed by atoms with Crippen molar-refractivity contribution in [3.8, 4) is 10.6 Å². The Balaban J connectivity index is 2.00. The summed E-state index contributed by atoms with van der Waals surface area (Å²) in [6, 6.07) is 6.43. The number of aromatic nitrogens is 1. The van der Waals surface area contributed by atoms with E-state index in [0.29, 0.717) is 4.88 Å². The highest BCUT2D eigenvalue weighted by Gasteiger charge is 2.19. The van der Waals surface area contributed by atoms with Gasteiger partial charge in [-0.1, -0.05) is 0 Å². The van der Waals surface area contributed by atoms with Crippen LogP contribution in [0, 0.1) is 6.92 Å². The van der Waals surface area contributed by atoms with E-state index in [1.807, 2.05) is 6.92 Å². The van der Waals surface area contributed by atoms with Crippen LogP contribution in [0.4, 0.5) is 5.69 Å². The molecule has 5 heteroatoms. The van der Waals surface area contributed by atoms with E-state index >= 15 is 0 Å². The monoisotopic (exact) mass is 302 g/mol. The van der Waals surface area contributed by atoms with Gasteiger partial charge in [-0.05, 0) is 43.5 Å². The Morgan fingerprint density at radius 2 is 2.24 bits per heavy atom. The molecule has 0 N–H and O–H groups in total. The summed E-state index contributed by atoms with van der Waals surface area (Å²) in [7, 11) is 3.52. The number of fused-ring (bicyclic) bond motifs is 1. The van der Waals surface area contributed by atoms with Gasteiger partial charge in [-0.3, -0.25) is 0 Å². The van der Waals surface area contributed by atoms with Gasteiger partial charge in [0, 0.05) is 24.8 Å². The van der Waals surface area contributed by atoms with E-state index in [0.717, 1.165) is 29.2 Å². The van der Waals surface area contributed by atoms with E-state index in [4.69, 9.17) is 4.74 Å². The first kappa shape index (κ1) is 14.1. The van der Waals surface area contributed by atoms with Crippen molar-refractivity contribution < 1.29 is 9.53 Å². The number of rotatable bonds is 2. The lowest BCUT2D eigenvalue weighted by atomic mass is 10.00. The Morgan fingerprint density at radius 1 is 1.43 bits per heavy atom. The number of aryl methyl sites for hydroxylation is 2. The zero-order chi connectivity index (χ0) is 15.0. The predicted molar refractivity (Wildman–Crippen MR) is 85.2 cm³/mol. The number of methoxy groups -OCH3 is 1. The molecule has 0 amide bonds. The minimum Gasteiger partial charge on any atom is -0.465 e. The summed E-state index contributed by atoms with van der Waals surface area (Å²) in [4.78, 5) is 19.1. The number of anilines is 1. The first-order valence-corrected chi connectivity index (χ1v) is 7.82. The quantitative estimate of drug-likeness (QED) is 0.798. The standard InChI is InChI=1S/C16H18N2O2S/c1-10-14(16(19)20-3)21-15(17-10)12-6-7-13-11(9-12)5-4-8-18(13)2/h6-7,9H,4-5,8H2,1-3H3. The van der Waals surface area contributed by atoms with Crippen molar-refractivity contribution in [2.24, 2.45) is 0 Å². The minimum atomic E-state index is -0.311. The Bertz CT molecular complexity index is 694. The van der Waals surface area contributed by atoms with Crippen LogP contribution in [0.15, 0.2) is 18.2 Å². The summed E-state index contributed by atoms with van der Waals surface area (Å²) in [5.41, 5.74) is 4.46. The number of ether oxygens (including phenoxy) is 1. The van der Waals surface area contributed by atoms with Crippen molar-refractivity contribution in [2.45, 2.75) is 19.8 Å². The third-order valence-electron chi connectivity index (χ3n) is 3.84. The SMILES string of the molecule is COC(=O)c1sc(-c2ccc3c(c2)CCCN3C)nc1C. The number of carbonyl (C=O) groups is 1. The molecule has 2 aromatic rings. The van der Waals surface area contributed by atoms with Crippen LogP contribution in [0.1, 0.15) is 27.3 Å². The number of carbonyl (C=O) groups excluding carboxylic acids is 1. The minimum absolute atomic E-state index is 0.311. The molecule has 110 valence electrons. The maximum atomic E-state index is 11.7. The third-order valence-corrected chi connectivity index (χ3v) is 5.03. The molecule has 1 aliphatic rings. The van der Waals surface area contributed by atoms with Gasteiger partial charge in [-0.15, -0.1) is 11.3 Å². The maximum Gasteiger partial charge on any atom is 0.349 e. The topological polar surface area (TPSA) is 42.4 Å². The van der Waals surface area contributed by atoms with Gasteiger partial charge in [0.05, 0.1) is 12.8 Å². The number of esters is 1. The molecule has 1 aliphatic heterocycles.